The highest BCUT2D eigenvalue weighted by Crippen LogP contribution is 2.23. The van der Waals surface area contributed by atoms with Crippen LogP contribution in [0.2, 0.25) is 0 Å². The van der Waals surface area contributed by atoms with Gasteiger partial charge in [0.05, 0.1) is 25.4 Å². The van der Waals surface area contributed by atoms with Crippen molar-refractivity contribution < 1.29 is 39.8 Å². The molecular weight excluding hydrogens is 839 g/mol. The molecule has 1 heterocycles. The Balaban J connectivity index is 1.89. The number of carbonyl (C=O) groups is 1. The summed E-state index contributed by atoms with van der Waals surface area (Å²) in [5.41, 5.74) is 0. The van der Waals surface area contributed by atoms with Gasteiger partial charge in [0.2, 0.25) is 5.91 Å². The molecule has 1 aliphatic rings. The minimum absolute atomic E-state index is 0.187. The number of hydrogen-bond donors (Lipinski definition) is 6. The average Bonchev–Trinajstić information content (AvgIpc) is 3.33. The zero-order valence-corrected chi connectivity index (χ0v) is 42.9. The number of ether oxygens (including phenoxy) is 2. The molecule has 0 aromatic carbocycles. The minimum atomic E-state index is -1.56. The lowest BCUT2D eigenvalue weighted by atomic mass is 9.99. The molecule has 7 atom stereocenters. The molecule has 9 heteroatoms. The first kappa shape index (κ1) is 62.6. The summed E-state index contributed by atoms with van der Waals surface area (Å²) in [5.74, 6) is -0.187. The lowest BCUT2D eigenvalue weighted by Crippen LogP contribution is -2.60. The molecule has 0 radical (unpaired) electrons. The van der Waals surface area contributed by atoms with Crippen LogP contribution in [0.25, 0.3) is 0 Å². The number of nitrogens with one attached hydrogen (secondary N) is 1. The number of allylic oxidation sites excluding steroid dienone is 11. The van der Waals surface area contributed by atoms with Crippen LogP contribution in [0.1, 0.15) is 232 Å². The summed E-state index contributed by atoms with van der Waals surface area (Å²) in [4.78, 5) is 12.8. The average molecular weight is 942 g/mol. The Labute approximate surface area is 410 Å². The fourth-order valence-electron chi connectivity index (χ4n) is 8.43. The number of amides is 1. The van der Waals surface area contributed by atoms with Crippen LogP contribution < -0.4 is 5.32 Å². The predicted molar refractivity (Wildman–Crippen MR) is 281 cm³/mol. The van der Waals surface area contributed by atoms with E-state index >= 15 is 0 Å². The van der Waals surface area contributed by atoms with Crippen LogP contribution in [0, 0.1) is 0 Å². The molecule has 0 aromatic heterocycles. The lowest BCUT2D eigenvalue weighted by molar-refractivity contribution is -0.302. The van der Waals surface area contributed by atoms with Gasteiger partial charge in [-0.2, -0.15) is 0 Å². The Morgan fingerprint density at radius 1 is 0.522 bits per heavy atom. The van der Waals surface area contributed by atoms with Crippen molar-refractivity contribution in [3.63, 3.8) is 0 Å². The van der Waals surface area contributed by atoms with Crippen LogP contribution in [-0.4, -0.2) is 87.5 Å². The number of unbranched alkanes of at least 4 members (excludes halogenated alkanes) is 26. The smallest absolute Gasteiger partial charge is 0.220 e. The molecule has 0 aliphatic carbocycles. The molecule has 1 rings (SSSR count). The van der Waals surface area contributed by atoms with Crippen LogP contribution in [0.4, 0.5) is 0 Å². The largest absolute Gasteiger partial charge is 0.394 e. The van der Waals surface area contributed by atoms with Crippen LogP contribution >= 0.6 is 0 Å². The van der Waals surface area contributed by atoms with E-state index in [2.05, 4.69) is 73.0 Å². The first-order valence-corrected chi connectivity index (χ1v) is 27.7. The van der Waals surface area contributed by atoms with E-state index in [9.17, 15) is 30.3 Å². The monoisotopic (exact) mass is 942 g/mol. The van der Waals surface area contributed by atoms with Crippen molar-refractivity contribution in [1.29, 1.82) is 0 Å². The van der Waals surface area contributed by atoms with Gasteiger partial charge in [0, 0.05) is 6.42 Å². The van der Waals surface area contributed by atoms with E-state index in [-0.39, 0.29) is 12.5 Å². The molecule has 1 saturated heterocycles. The van der Waals surface area contributed by atoms with E-state index in [1.54, 1.807) is 6.08 Å². The highest BCUT2D eigenvalue weighted by Gasteiger charge is 2.44. The fraction of sp³-hybridized carbons (Fsp3) is 0.776. The molecule has 67 heavy (non-hydrogen) atoms. The van der Waals surface area contributed by atoms with Gasteiger partial charge in [0.1, 0.15) is 24.4 Å². The maximum Gasteiger partial charge on any atom is 0.220 e. The van der Waals surface area contributed by atoms with E-state index in [0.29, 0.717) is 6.42 Å². The summed E-state index contributed by atoms with van der Waals surface area (Å²) >= 11 is 0. The van der Waals surface area contributed by atoms with E-state index in [1.165, 1.54) is 148 Å². The maximum atomic E-state index is 12.8. The number of carbonyl (C=O) groups excluding carboxylic acids is 1. The third-order valence-corrected chi connectivity index (χ3v) is 12.8. The molecular formula is C58H103NO8. The quantitative estimate of drug-likeness (QED) is 0.0261. The molecule has 6 N–H and O–H groups in total. The fourth-order valence-corrected chi connectivity index (χ4v) is 8.43. The minimum Gasteiger partial charge on any atom is -0.394 e. The Morgan fingerprint density at radius 2 is 0.925 bits per heavy atom. The van der Waals surface area contributed by atoms with Crippen molar-refractivity contribution in [2.75, 3.05) is 13.2 Å². The van der Waals surface area contributed by atoms with Crippen LogP contribution in [0.5, 0.6) is 0 Å². The van der Waals surface area contributed by atoms with Crippen LogP contribution in [-0.2, 0) is 14.3 Å². The first-order chi connectivity index (χ1) is 32.8. The number of hydrogen-bond acceptors (Lipinski definition) is 8. The highest BCUT2D eigenvalue weighted by molar-refractivity contribution is 5.76. The molecule has 0 aromatic rings. The Bertz CT molecular complexity index is 1280. The molecule has 9 nitrogen and oxygen atoms in total. The lowest BCUT2D eigenvalue weighted by Gasteiger charge is -2.40. The molecule has 1 amide bonds. The van der Waals surface area contributed by atoms with E-state index in [1.807, 2.05) is 13.0 Å². The standard InChI is InChI=1S/C58H103NO8/c1-3-5-7-8-9-10-11-12-13-14-15-16-17-18-19-20-21-22-23-24-25-26-27-28-29-30-31-32-33-34-35-36-37-38-39-40-41-42-43-44-46-48-54(62)59-51(52(61)47-45-6-4-2)50-66-58-57(65)56(64)55(63)53(49-60)67-58/h5,7,9-10,12-13,15-16,18-19,45,47,51-53,55-58,60-61,63-65H,3-4,6,8,11,14,17,20-44,46,48-50H2,1-2H3,(H,59,62)/b7-5-,10-9-,13-12-,16-15-,19-18-,47-45+. The van der Waals surface area contributed by atoms with Crippen molar-refractivity contribution in [3.8, 4) is 0 Å². The van der Waals surface area contributed by atoms with E-state index < -0.39 is 49.5 Å². The second-order valence-electron chi connectivity index (χ2n) is 19.0. The zero-order chi connectivity index (χ0) is 48.7. The van der Waals surface area contributed by atoms with E-state index in [0.717, 1.165) is 64.2 Å². The summed E-state index contributed by atoms with van der Waals surface area (Å²) in [5, 5.41) is 53.5. The molecule has 7 unspecified atom stereocenters. The van der Waals surface area contributed by atoms with Crippen molar-refractivity contribution >= 4 is 5.91 Å². The summed E-state index contributed by atoms with van der Waals surface area (Å²) in [6, 6.07) is -0.800. The van der Waals surface area contributed by atoms with Crippen molar-refractivity contribution in [2.24, 2.45) is 0 Å². The highest BCUT2D eigenvalue weighted by atomic mass is 16.7. The van der Waals surface area contributed by atoms with Crippen molar-refractivity contribution in [3.05, 3.63) is 72.9 Å². The normalized spacial score (nSPS) is 20.3. The van der Waals surface area contributed by atoms with Crippen molar-refractivity contribution in [1.82, 2.24) is 5.32 Å². The summed E-state index contributed by atoms with van der Waals surface area (Å²) in [6.07, 6.45) is 59.7. The van der Waals surface area contributed by atoms with Crippen LogP contribution in [0.15, 0.2) is 72.9 Å². The number of aliphatic hydroxyl groups is 5. The van der Waals surface area contributed by atoms with Gasteiger partial charge >= 0.3 is 0 Å². The van der Waals surface area contributed by atoms with Crippen molar-refractivity contribution in [2.45, 2.75) is 275 Å². The maximum absolute atomic E-state index is 12.8. The molecule has 388 valence electrons. The van der Waals surface area contributed by atoms with Gasteiger partial charge in [-0.05, 0) is 57.8 Å². The third-order valence-electron chi connectivity index (χ3n) is 12.8. The second-order valence-corrected chi connectivity index (χ2v) is 19.0. The van der Waals surface area contributed by atoms with Gasteiger partial charge in [0.15, 0.2) is 6.29 Å². The first-order valence-electron chi connectivity index (χ1n) is 27.7. The van der Waals surface area contributed by atoms with Gasteiger partial charge in [-0.3, -0.25) is 4.79 Å². The Hall–Kier alpha value is -2.37. The number of aliphatic hydroxyl groups excluding tert-OH is 5. The summed E-state index contributed by atoms with van der Waals surface area (Å²) in [6.45, 7) is 3.44. The van der Waals surface area contributed by atoms with E-state index in [4.69, 9.17) is 9.47 Å². The Kier molecular flexibility index (Phi) is 44.2. The summed E-state index contributed by atoms with van der Waals surface area (Å²) in [7, 11) is 0. The molecule has 1 fully saturated rings. The SMILES string of the molecule is CC/C=C\C/C=C\C/C=C\C/C=C\C/C=C\CCCCCCCCCCCCCCCCCCCCCCCCCCCC(=O)NC(COC1OC(CO)C(O)C(O)C1O)C(O)/C=C/CCC. The third kappa shape index (κ3) is 37.2. The summed E-state index contributed by atoms with van der Waals surface area (Å²) < 4.78 is 11.1. The second kappa shape index (κ2) is 47.3. The molecule has 0 spiro atoms. The zero-order valence-electron chi connectivity index (χ0n) is 42.9. The van der Waals surface area contributed by atoms with Crippen LogP contribution in [0.3, 0.4) is 0 Å². The van der Waals surface area contributed by atoms with Gasteiger partial charge < -0.3 is 40.3 Å². The molecule has 0 bridgehead atoms. The van der Waals surface area contributed by atoms with Gasteiger partial charge in [-0.15, -0.1) is 0 Å². The predicted octanol–water partition coefficient (Wildman–Crippen LogP) is 13.3. The Morgan fingerprint density at radius 3 is 1.34 bits per heavy atom. The van der Waals surface area contributed by atoms with Gasteiger partial charge in [-0.25, -0.2) is 0 Å². The molecule has 0 saturated carbocycles. The van der Waals surface area contributed by atoms with Gasteiger partial charge in [0.25, 0.3) is 0 Å². The number of rotatable bonds is 46. The van der Waals surface area contributed by atoms with Gasteiger partial charge in [-0.1, -0.05) is 241 Å². The molecule has 1 aliphatic heterocycles. The topological polar surface area (TPSA) is 149 Å².